The molecule has 2 aromatic rings. The van der Waals surface area contributed by atoms with Crippen LogP contribution in [0.4, 0.5) is 10.2 Å². The number of anilines is 1. The summed E-state index contributed by atoms with van der Waals surface area (Å²) in [6.07, 6.45) is 0. The monoisotopic (exact) mass is 325 g/mol. The average Bonchev–Trinajstić information content (AvgIpc) is 2.99. The van der Waals surface area contributed by atoms with Gasteiger partial charge in [-0.2, -0.15) is 0 Å². The Morgan fingerprint density at radius 2 is 2.18 bits per heavy atom. The van der Waals surface area contributed by atoms with Gasteiger partial charge < -0.3 is 19.9 Å². The van der Waals surface area contributed by atoms with E-state index >= 15 is 0 Å². The highest BCUT2D eigenvalue weighted by Crippen LogP contribution is 2.39. The van der Waals surface area contributed by atoms with E-state index in [0.29, 0.717) is 0 Å². The zero-order chi connectivity index (χ0) is 15.9. The van der Waals surface area contributed by atoms with Crippen LogP contribution in [0.5, 0.6) is 11.5 Å². The molecule has 114 valence electrons. The van der Waals surface area contributed by atoms with Crippen molar-refractivity contribution >= 4 is 23.4 Å². The van der Waals surface area contributed by atoms with Crippen molar-refractivity contribution < 1.29 is 23.4 Å². The Hall–Kier alpha value is -2.61. The molecule has 0 aliphatic carbocycles. The normalized spacial score (nSPS) is 12.3. The number of ether oxygens (including phenoxy) is 3. The van der Waals surface area contributed by atoms with Crippen molar-refractivity contribution in [2.45, 2.75) is 0 Å². The van der Waals surface area contributed by atoms with Gasteiger partial charge >= 0.3 is 5.97 Å². The van der Waals surface area contributed by atoms with E-state index in [2.05, 4.69) is 14.7 Å². The zero-order valence-corrected chi connectivity index (χ0v) is 12.0. The lowest BCUT2D eigenvalue weighted by Gasteiger charge is -2.09. The van der Waals surface area contributed by atoms with Gasteiger partial charge in [0.05, 0.1) is 12.7 Å². The second-order valence-corrected chi connectivity index (χ2v) is 4.63. The first kappa shape index (κ1) is 14.3. The first-order valence-electron chi connectivity index (χ1n) is 6.02. The third kappa shape index (κ3) is 2.17. The summed E-state index contributed by atoms with van der Waals surface area (Å²) in [6, 6.07) is 2.90. The third-order valence-corrected chi connectivity index (χ3v) is 3.35. The number of hydrogen-bond acceptors (Lipinski definition) is 7. The first-order valence-corrected chi connectivity index (χ1v) is 6.40. The van der Waals surface area contributed by atoms with E-state index in [1.54, 1.807) is 0 Å². The molecule has 2 heterocycles. The minimum absolute atomic E-state index is 0.00207. The molecule has 0 bridgehead atoms. The third-order valence-electron chi connectivity index (χ3n) is 2.98. The van der Waals surface area contributed by atoms with Gasteiger partial charge in [-0.3, -0.25) is 0 Å². The van der Waals surface area contributed by atoms with Gasteiger partial charge in [-0.05, 0) is 12.1 Å². The molecule has 0 saturated carbocycles. The summed E-state index contributed by atoms with van der Waals surface area (Å²) in [5.41, 5.74) is 5.40. The van der Waals surface area contributed by atoms with Crippen molar-refractivity contribution in [1.82, 2.24) is 9.97 Å². The van der Waals surface area contributed by atoms with Gasteiger partial charge in [0.2, 0.25) is 12.5 Å². The molecule has 0 spiro atoms. The van der Waals surface area contributed by atoms with Crippen LogP contribution in [-0.2, 0) is 4.74 Å². The molecule has 0 atom stereocenters. The van der Waals surface area contributed by atoms with Crippen LogP contribution in [0, 0.1) is 5.82 Å². The molecular weight excluding hydrogens is 317 g/mol. The maximum Gasteiger partial charge on any atom is 0.358 e. The summed E-state index contributed by atoms with van der Waals surface area (Å²) in [5, 5.41) is -0.156. The second kappa shape index (κ2) is 5.30. The summed E-state index contributed by atoms with van der Waals surface area (Å²) in [6.45, 7) is -0.0767. The lowest BCUT2D eigenvalue weighted by molar-refractivity contribution is 0.0594. The molecule has 22 heavy (non-hydrogen) atoms. The number of aromatic nitrogens is 2. The van der Waals surface area contributed by atoms with Crippen LogP contribution in [0.3, 0.4) is 0 Å². The molecule has 0 radical (unpaired) electrons. The molecule has 9 heteroatoms. The van der Waals surface area contributed by atoms with Gasteiger partial charge in [0.15, 0.2) is 23.1 Å². The van der Waals surface area contributed by atoms with Crippen molar-refractivity contribution in [2.24, 2.45) is 0 Å². The van der Waals surface area contributed by atoms with E-state index in [9.17, 15) is 9.18 Å². The Balaban J connectivity index is 2.17. The smallest absolute Gasteiger partial charge is 0.358 e. The molecule has 1 aromatic carbocycles. The minimum atomic E-state index is -0.804. The van der Waals surface area contributed by atoms with Gasteiger partial charge in [-0.1, -0.05) is 11.6 Å². The second-order valence-electron chi connectivity index (χ2n) is 4.25. The molecule has 0 unspecified atom stereocenters. The maximum absolute atomic E-state index is 14.4. The van der Waals surface area contributed by atoms with E-state index < -0.39 is 11.8 Å². The van der Waals surface area contributed by atoms with E-state index in [1.807, 2.05) is 0 Å². The zero-order valence-electron chi connectivity index (χ0n) is 11.2. The Morgan fingerprint density at radius 1 is 1.41 bits per heavy atom. The molecule has 0 saturated heterocycles. The van der Waals surface area contributed by atoms with Crippen molar-refractivity contribution in [3.63, 3.8) is 0 Å². The average molecular weight is 326 g/mol. The van der Waals surface area contributed by atoms with E-state index in [-0.39, 0.29) is 46.2 Å². The number of methoxy groups -OCH3 is 1. The maximum atomic E-state index is 14.4. The van der Waals surface area contributed by atoms with Crippen molar-refractivity contribution in [2.75, 3.05) is 19.6 Å². The fourth-order valence-corrected chi connectivity index (χ4v) is 2.09. The van der Waals surface area contributed by atoms with Gasteiger partial charge in [-0.15, -0.1) is 0 Å². The number of esters is 1. The predicted molar refractivity (Wildman–Crippen MR) is 74.3 cm³/mol. The topological polar surface area (TPSA) is 96.6 Å². The number of nitrogens with zero attached hydrogens (tertiary/aromatic N) is 2. The molecule has 7 nitrogen and oxygen atoms in total. The number of nitrogen functional groups attached to an aromatic ring is 1. The SMILES string of the molecule is COC(=O)c1nc(-c2ccc3c(c2F)OCO3)nc(N)c1Cl. The van der Waals surface area contributed by atoms with E-state index in [4.69, 9.17) is 26.8 Å². The highest BCUT2D eigenvalue weighted by atomic mass is 35.5. The molecule has 0 fully saturated rings. The molecule has 1 aromatic heterocycles. The lowest BCUT2D eigenvalue weighted by atomic mass is 10.1. The number of hydrogen-bond donors (Lipinski definition) is 1. The Labute approximate surface area is 128 Å². The van der Waals surface area contributed by atoms with Gasteiger partial charge in [0.25, 0.3) is 0 Å². The fraction of sp³-hybridized carbons (Fsp3) is 0.154. The highest BCUT2D eigenvalue weighted by molar-refractivity contribution is 6.35. The van der Waals surface area contributed by atoms with Crippen molar-refractivity contribution in [3.8, 4) is 22.9 Å². The number of nitrogens with two attached hydrogens (primary N) is 1. The highest BCUT2D eigenvalue weighted by Gasteiger charge is 2.25. The van der Waals surface area contributed by atoms with Crippen molar-refractivity contribution in [3.05, 3.63) is 28.7 Å². The van der Waals surface area contributed by atoms with Crippen LogP contribution in [0.15, 0.2) is 12.1 Å². The molecule has 1 aliphatic rings. The van der Waals surface area contributed by atoms with Gasteiger partial charge in [0.1, 0.15) is 10.8 Å². The quantitative estimate of drug-likeness (QED) is 0.844. The number of benzene rings is 1. The van der Waals surface area contributed by atoms with Gasteiger partial charge in [-0.25, -0.2) is 19.2 Å². The number of carbonyl (C=O) groups is 1. The lowest BCUT2D eigenvalue weighted by Crippen LogP contribution is -2.10. The van der Waals surface area contributed by atoms with E-state index in [0.717, 1.165) is 7.11 Å². The minimum Gasteiger partial charge on any atom is -0.464 e. The number of rotatable bonds is 2. The summed E-state index contributed by atoms with van der Waals surface area (Å²) in [4.78, 5) is 19.5. The molecule has 0 amide bonds. The molecule has 3 rings (SSSR count). The van der Waals surface area contributed by atoms with Crippen LogP contribution in [0.1, 0.15) is 10.5 Å². The number of fused-ring (bicyclic) bond motifs is 1. The Morgan fingerprint density at radius 3 is 2.91 bits per heavy atom. The number of carbonyl (C=O) groups excluding carboxylic acids is 1. The van der Waals surface area contributed by atoms with Crippen LogP contribution in [0.25, 0.3) is 11.4 Å². The van der Waals surface area contributed by atoms with Crippen molar-refractivity contribution in [1.29, 1.82) is 0 Å². The van der Waals surface area contributed by atoms with Crippen LogP contribution in [0.2, 0.25) is 5.02 Å². The summed E-state index contributed by atoms with van der Waals surface area (Å²) < 4.78 is 29.1. The van der Waals surface area contributed by atoms with Gasteiger partial charge in [0, 0.05) is 0 Å². The summed E-state index contributed by atoms with van der Waals surface area (Å²) in [5.74, 6) is -1.57. The predicted octanol–water partition coefficient (Wildman–Crippen LogP) is 2.03. The molecule has 2 N–H and O–H groups in total. The Bertz CT molecular complexity index is 784. The first-order chi connectivity index (χ1) is 10.5. The Kier molecular flexibility index (Phi) is 3.45. The van der Waals surface area contributed by atoms with E-state index in [1.165, 1.54) is 12.1 Å². The van der Waals surface area contributed by atoms with Crippen LogP contribution < -0.4 is 15.2 Å². The molecule has 1 aliphatic heterocycles. The van der Waals surface area contributed by atoms with Crippen LogP contribution >= 0.6 is 11.6 Å². The fourth-order valence-electron chi connectivity index (χ4n) is 1.93. The summed E-state index contributed by atoms with van der Waals surface area (Å²) >= 11 is 5.87. The van der Waals surface area contributed by atoms with Crippen LogP contribution in [-0.4, -0.2) is 29.8 Å². The number of halogens is 2. The summed E-state index contributed by atoms with van der Waals surface area (Å²) in [7, 11) is 1.16. The largest absolute Gasteiger partial charge is 0.464 e. The molecular formula is C13H9ClFN3O4. The standard InChI is InChI=1S/C13H9ClFN3O4/c1-20-13(19)9-7(14)11(16)18-12(17-9)5-2-3-6-10(8(5)15)22-4-21-6/h2-3H,4H2,1H3,(H2,16,17,18).